The van der Waals surface area contributed by atoms with Crippen LogP contribution in [0.5, 0.6) is 0 Å². The number of rotatable bonds is 9. The van der Waals surface area contributed by atoms with Gasteiger partial charge in [0.2, 0.25) is 11.8 Å². The Hall–Kier alpha value is -1.06. The van der Waals surface area contributed by atoms with Crippen LogP contribution in [0.25, 0.3) is 0 Å². The van der Waals surface area contributed by atoms with Crippen LogP contribution in [0.1, 0.15) is 84.5 Å². The van der Waals surface area contributed by atoms with Crippen LogP contribution < -0.4 is 10.6 Å². The average Bonchev–Trinajstić information content (AvgIpc) is 2.48. The van der Waals surface area contributed by atoms with Crippen LogP contribution in [0.2, 0.25) is 0 Å². The Balaban J connectivity index is 2.44. The van der Waals surface area contributed by atoms with Crippen LogP contribution in [0, 0.1) is 0 Å². The molecule has 1 saturated carbocycles. The second-order valence-electron chi connectivity index (χ2n) is 6.21. The molecule has 0 heterocycles. The zero-order valence-corrected chi connectivity index (χ0v) is 13.8. The van der Waals surface area contributed by atoms with Crippen molar-refractivity contribution < 1.29 is 9.59 Å². The van der Waals surface area contributed by atoms with Crippen LogP contribution in [-0.4, -0.2) is 23.9 Å². The fourth-order valence-electron chi connectivity index (χ4n) is 3.11. The highest BCUT2D eigenvalue weighted by molar-refractivity contribution is 5.91. The number of likely N-dealkylation sites (N-methyl/N-ethyl adjacent to an activating group) is 1. The monoisotopic (exact) mass is 296 g/mol. The number of carbonyl (C=O) groups excluding carboxylic acids is 2. The van der Waals surface area contributed by atoms with E-state index < -0.39 is 5.54 Å². The maximum Gasteiger partial charge on any atom is 0.245 e. The number of nitrogens with one attached hydrogen (secondary N) is 2. The molecule has 0 radical (unpaired) electrons. The smallest absolute Gasteiger partial charge is 0.245 e. The first kappa shape index (κ1) is 18.0. The lowest BCUT2D eigenvalue weighted by molar-refractivity contribution is -0.135. The molecule has 122 valence electrons. The summed E-state index contributed by atoms with van der Waals surface area (Å²) in [4.78, 5) is 24.5. The van der Waals surface area contributed by atoms with Crippen molar-refractivity contribution in [1.29, 1.82) is 0 Å². The Kier molecular flexibility index (Phi) is 8.40. The largest absolute Gasteiger partial charge is 0.354 e. The van der Waals surface area contributed by atoms with Gasteiger partial charge in [0.15, 0.2) is 0 Å². The zero-order chi connectivity index (χ0) is 15.6. The first-order valence-corrected chi connectivity index (χ1v) is 8.74. The summed E-state index contributed by atoms with van der Waals surface area (Å²) in [5, 5.41) is 5.95. The van der Waals surface area contributed by atoms with E-state index >= 15 is 0 Å². The first-order valence-electron chi connectivity index (χ1n) is 8.74. The summed E-state index contributed by atoms with van der Waals surface area (Å²) in [6, 6.07) is 0. The summed E-state index contributed by atoms with van der Waals surface area (Å²) in [5.41, 5.74) is -0.644. The number of hydrogen-bond acceptors (Lipinski definition) is 2. The van der Waals surface area contributed by atoms with E-state index in [4.69, 9.17) is 0 Å². The third-order valence-electron chi connectivity index (χ3n) is 4.37. The molecule has 0 bridgehead atoms. The molecule has 1 fully saturated rings. The van der Waals surface area contributed by atoms with Crippen LogP contribution in [0.15, 0.2) is 0 Å². The Labute approximate surface area is 129 Å². The van der Waals surface area contributed by atoms with Crippen molar-refractivity contribution in [3.63, 3.8) is 0 Å². The van der Waals surface area contributed by atoms with E-state index in [9.17, 15) is 9.59 Å². The summed E-state index contributed by atoms with van der Waals surface area (Å²) >= 11 is 0. The Morgan fingerprint density at radius 1 is 0.952 bits per heavy atom. The molecule has 1 aliphatic rings. The second kappa shape index (κ2) is 9.80. The minimum Gasteiger partial charge on any atom is -0.354 e. The van der Waals surface area contributed by atoms with Gasteiger partial charge in [-0.3, -0.25) is 9.59 Å². The quantitative estimate of drug-likeness (QED) is 0.641. The van der Waals surface area contributed by atoms with Crippen molar-refractivity contribution >= 4 is 11.8 Å². The molecule has 0 aliphatic heterocycles. The van der Waals surface area contributed by atoms with E-state index in [1.165, 1.54) is 19.3 Å². The molecular formula is C17H32N2O2. The molecule has 0 atom stereocenters. The van der Waals surface area contributed by atoms with Gasteiger partial charge in [0, 0.05) is 13.0 Å². The highest BCUT2D eigenvalue weighted by Crippen LogP contribution is 2.28. The maximum absolute atomic E-state index is 12.3. The second-order valence-corrected chi connectivity index (χ2v) is 6.21. The van der Waals surface area contributed by atoms with Gasteiger partial charge in [-0.2, -0.15) is 0 Å². The van der Waals surface area contributed by atoms with Gasteiger partial charge in [0.25, 0.3) is 0 Å². The summed E-state index contributed by atoms with van der Waals surface area (Å²) in [7, 11) is 0. The molecule has 4 nitrogen and oxygen atoms in total. The Morgan fingerprint density at radius 2 is 1.62 bits per heavy atom. The number of unbranched alkanes of at least 4 members (excludes halogenated alkanes) is 4. The van der Waals surface area contributed by atoms with Crippen molar-refractivity contribution in [3.8, 4) is 0 Å². The molecule has 4 heteroatoms. The van der Waals surface area contributed by atoms with E-state index in [-0.39, 0.29) is 11.8 Å². The molecule has 1 rings (SSSR count). The minimum atomic E-state index is -0.644. The van der Waals surface area contributed by atoms with E-state index in [2.05, 4.69) is 17.6 Å². The highest BCUT2D eigenvalue weighted by atomic mass is 16.2. The molecular weight excluding hydrogens is 264 g/mol. The van der Waals surface area contributed by atoms with Gasteiger partial charge in [-0.1, -0.05) is 51.9 Å². The molecule has 2 N–H and O–H groups in total. The SMILES string of the molecule is CCCCCCCC(=O)NC1(C(=O)NCC)CCCCC1. The van der Waals surface area contributed by atoms with E-state index in [0.717, 1.165) is 44.9 Å². The fourth-order valence-corrected chi connectivity index (χ4v) is 3.11. The number of amides is 2. The lowest BCUT2D eigenvalue weighted by Gasteiger charge is -2.36. The third kappa shape index (κ3) is 6.06. The number of hydrogen-bond donors (Lipinski definition) is 2. The zero-order valence-electron chi connectivity index (χ0n) is 13.8. The van der Waals surface area contributed by atoms with Gasteiger partial charge in [0.05, 0.1) is 0 Å². The molecule has 21 heavy (non-hydrogen) atoms. The molecule has 0 aromatic heterocycles. The number of carbonyl (C=O) groups is 2. The summed E-state index contributed by atoms with van der Waals surface area (Å²) < 4.78 is 0. The maximum atomic E-state index is 12.3. The Morgan fingerprint density at radius 3 is 2.24 bits per heavy atom. The highest BCUT2D eigenvalue weighted by Gasteiger charge is 2.40. The van der Waals surface area contributed by atoms with Crippen molar-refractivity contribution in [2.24, 2.45) is 0 Å². The first-order chi connectivity index (χ1) is 10.1. The molecule has 0 spiro atoms. The topological polar surface area (TPSA) is 58.2 Å². The standard InChI is InChI=1S/C17H32N2O2/c1-3-5-6-7-9-12-15(20)19-17(16(21)18-4-2)13-10-8-11-14-17/h3-14H2,1-2H3,(H,18,21)(H,19,20). The normalized spacial score (nSPS) is 17.2. The van der Waals surface area contributed by atoms with Crippen molar-refractivity contribution in [1.82, 2.24) is 10.6 Å². The lowest BCUT2D eigenvalue weighted by atomic mass is 9.80. The minimum absolute atomic E-state index is 0.00373. The molecule has 0 aromatic carbocycles. The van der Waals surface area contributed by atoms with Crippen molar-refractivity contribution in [2.45, 2.75) is 90.0 Å². The third-order valence-corrected chi connectivity index (χ3v) is 4.37. The van der Waals surface area contributed by atoms with Crippen LogP contribution in [0.4, 0.5) is 0 Å². The average molecular weight is 296 g/mol. The van der Waals surface area contributed by atoms with Crippen LogP contribution in [0.3, 0.4) is 0 Å². The summed E-state index contributed by atoms with van der Waals surface area (Å²) in [6.45, 7) is 4.73. The van der Waals surface area contributed by atoms with Gasteiger partial charge < -0.3 is 10.6 Å². The van der Waals surface area contributed by atoms with Gasteiger partial charge in [0.1, 0.15) is 5.54 Å². The lowest BCUT2D eigenvalue weighted by Crippen LogP contribution is -2.59. The molecule has 0 unspecified atom stereocenters. The van der Waals surface area contributed by atoms with Gasteiger partial charge in [-0.25, -0.2) is 0 Å². The van der Waals surface area contributed by atoms with E-state index in [1.807, 2.05) is 6.92 Å². The molecule has 0 saturated heterocycles. The summed E-state index contributed by atoms with van der Waals surface area (Å²) in [6.07, 6.45) is 11.0. The summed E-state index contributed by atoms with van der Waals surface area (Å²) in [5.74, 6) is 0.0451. The predicted octanol–water partition coefficient (Wildman–Crippen LogP) is 3.30. The van der Waals surface area contributed by atoms with Gasteiger partial charge in [-0.15, -0.1) is 0 Å². The predicted molar refractivity (Wildman–Crippen MR) is 86.0 cm³/mol. The van der Waals surface area contributed by atoms with Gasteiger partial charge >= 0.3 is 0 Å². The molecule has 0 aromatic rings. The van der Waals surface area contributed by atoms with Crippen LogP contribution >= 0.6 is 0 Å². The van der Waals surface area contributed by atoms with E-state index in [1.54, 1.807) is 0 Å². The van der Waals surface area contributed by atoms with Crippen molar-refractivity contribution in [2.75, 3.05) is 6.54 Å². The fraction of sp³-hybridized carbons (Fsp3) is 0.882. The van der Waals surface area contributed by atoms with Gasteiger partial charge in [-0.05, 0) is 26.2 Å². The Bertz CT molecular complexity index is 323. The molecule has 2 amide bonds. The van der Waals surface area contributed by atoms with E-state index in [0.29, 0.717) is 13.0 Å². The molecule has 1 aliphatic carbocycles. The van der Waals surface area contributed by atoms with Crippen molar-refractivity contribution in [3.05, 3.63) is 0 Å². The van der Waals surface area contributed by atoms with Crippen LogP contribution in [-0.2, 0) is 9.59 Å².